The van der Waals surface area contributed by atoms with E-state index >= 15 is 0 Å². The van der Waals surface area contributed by atoms with Crippen molar-refractivity contribution in [1.82, 2.24) is 24.9 Å². The van der Waals surface area contributed by atoms with E-state index in [2.05, 4.69) is 20.5 Å². The maximum Gasteiger partial charge on any atom is 0.269 e. The maximum atomic E-state index is 12.1. The molecule has 2 heterocycles. The Morgan fingerprint density at radius 1 is 1.23 bits per heavy atom. The first-order chi connectivity index (χ1) is 12.5. The smallest absolute Gasteiger partial charge is 0.269 e. The Morgan fingerprint density at radius 3 is 2.65 bits per heavy atom. The number of amides is 1. The summed E-state index contributed by atoms with van der Waals surface area (Å²) < 4.78 is 1.91. The second-order valence-corrected chi connectivity index (χ2v) is 5.95. The molecule has 0 fully saturated rings. The van der Waals surface area contributed by atoms with Crippen LogP contribution in [0.2, 0.25) is 0 Å². The number of nitro benzene ring substituents is 1. The van der Waals surface area contributed by atoms with Gasteiger partial charge >= 0.3 is 0 Å². The highest BCUT2D eigenvalue weighted by Crippen LogP contribution is 2.12. The molecule has 0 radical (unpaired) electrons. The molecule has 26 heavy (non-hydrogen) atoms. The Labute approximate surface area is 149 Å². The average molecular weight is 354 g/mol. The van der Waals surface area contributed by atoms with Crippen molar-refractivity contribution in [3.05, 3.63) is 63.2 Å². The van der Waals surface area contributed by atoms with Crippen LogP contribution >= 0.6 is 0 Å². The van der Waals surface area contributed by atoms with E-state index in [9.17, 15) is 14.9 Å². The second kappa shape index (κ2) is 7.26. The third-order valence-corrected chi connectivity index (χ3v) is 3.96. The van der Waals surface area contributed by atoms with Gasteiger partial charge in [0.25, 0.3) is 17.4 Å². The third-order valence-electron chi connectivity index (χ3n) is 3.96. The second-order valence-electron chi connectivity index (χ2n) is 5.95. The summed E-state index contributed by atoms with van der Waals surface area (Å²) in [5.74, 6) is 1.11. The number of benzene rings is 1. The molecule has 0 spiro atoms. The maximum absolute atomic E-state index is 12.1. The highest BCUT2D eigenvalue weighted by molar-refractivity contribution is 5.94. The van der Waals surface area contributed by atoms with Crippen LogP contribution in [0.5, 0.6) is 0 Å². The van der Waals surface area contributed by atoms with Gasteiger partial charge in [0, 0.05) is 42.0 Å². The summed E-state index contributed by atoms with van der Waals surface area (Å²) in [6.07, 6.45) is 1.33. The van der Waals surface area contributed by atoms with Gasteiger partial charge in [-0.05, 0) is 38.5 Å². The predicted octanol–water partition coefficient (Wildman–Crippen LogP) is 2.01. The van der Waals surface area contributed by atoms with Gasteiger partial charge in [-0.15, -0.1) is 10.2 Å². The third kappa shape index (κ3) is 3.66. The number of carbonyl (C=O) groups is 1. The summed E-state index contributed by atoms with van der Waals surface area (Å²) in [4.78, 5) is 26.5. The molecule has 134 valence electrons. The van der Waals surface area contributed by atoms with Gasteiger partial charge in [-0.25, -0.2) is 4.98 Å². The fourth-order valence-electron chi connectivity index (χ4n) is 2.74. The number of carbonyl (C=O) groups excluding carboxylic acids is 1. The number of hydrogen-bond donors (Lipinski definition) is 1. The quantitative estimate of drug-likeness (QED) is 0.411. The van der Waals surface area contributed by atoms with Crippen molar-refractivity contribution in [1.29, 1.82) is 0 Å². The Morgan fingerprint density at radius 2 is 1.96 bits per heavy atom. The van der Waals surface area contributed by atoms with E-state index < -0.39 is 4.92 Å². The Bertz CT molecular complexity index is 965. The zero-order chi connectivity index (χ0) is 18.7. The monoisotopic (exact) mass is 354 g/mol. The first-order valence-corrected chi connectivity index (χ1v) is 8.16. The number of rotatable bonds is 6. The zero-order valence-electron chi connectivity index (χ0n) is 14.5. The van der Waals surface area contributed by atoms with Crippen molar-refractivity contribution < 1.29 is 9.72 Å². The molecular formula is C17H18N6O3. The lowest BCUT2D eigenvalue weighted by Gasteiger charge is -2.06. The molecule has 0 saturated heterocycles. The minimum atomic E-state index is -0.497. The van der Waals surface area contributed by atoms with Crippen molar-refractivity contribution in [3.8, 4) is 0 Å². The number of nitro groups is 1. The molecular weight excluding hydrogens is 336 g/mol. The van der Waals surface area contributed by atoms with Gasteiger partial charge < -0.3 is 5.32 Å². The first kappa shape index (κ1) is 17.5. The van der Waals surface area contributed by atoms with Crippen molar-refractivity contribution in [2.45, 2.75) is 26.7 Å². The molecule has 0 aliphatic heterocycles. The van der Waals surface area contributed by atoms with Crippen molar-refractivity contribution in [3.63, 3.8) is 0 Å². The summed E-state index contributed by atoms with van der Waals surface area (Å²) in [6, 6.07) is 7.48. The molecule has 0 saturated carbocycles. The van der Waals surface area contributed by atoms with Crippen LogP contribution < -0.4 is 5.32 Å². The van der Waals surface area contributed by atoms with E-state index in [4.69, 9.17) is 0 Å². The molecule has 9 heteroatoms. The van der Waals surface area contributed by atoms with Crippen LogP contribution in [-0.4, -0.2) is 37.0 Å². The van der Waals surface area contributed by atoms with Crippen LogP contribution in [0.25, 0.3) is 5.78 Å². The molecule has 0 aliphatic carbocycles. The fraction of sp³-hybridized carbons (Fsp3) is 0.294. The van der Waals surface area contributed by atoms with Gasteiger partial charge in [0.1, 0.15) is 5.82 Å². The number of nitrogens with zero attached hydrogens (tertiary/aromatic N) is 5. The molecule has 0 atom stereocenters. The van der Waals surface area contributed by atoms with Crippen molar-refractivity contribution in [2.75, 3.05) is 6.54 Å². The lowest BCUT2D eigenvalue weighted by molar-refractivity contribution is -0.384. The Kier molecular flexibility index (Phi) is 4.87. The zero-order valence-corrected chi connectivity index (χ0v) is 14.5. The molecule has 0 aliphatic rings. The van der Waals surface area contributed by atoms with E-state index in [0.29, 0.717) is 30.7 Å². The largest absolute Gasteiger partial charge is 0.352 e. The fourth-order valence-corrected chi connectivity index (χ4v) is 2.74. The number of aromatic nitrogens is 4. The topological polar surface area (TPSA) is 115 Å². The van der Waals surface area contributed by atoms with Crippen LogP contribution in [0.4, 0.5) is 5.69 Å². The van der Waals surface area contributed by atoms with Crippen molar-refractivity contribution >= 4 is 17.4 Å². The van der Waals surface area contributed by atoms with Gasteiger partial charge in [0.2, 0.25) is 0 Å². The molecule has 1 amide bonds. The first-order valence-electron chi connectivity index (χ1n) is 8.16. The van der Waals surface area contributed by atoms with Crippen LogP contribution in [0, 0.1) is 24.0 Å². The highest BCUT2D eigenvalue weighted by atomic mass is 16.6. The number of nitrogens with one attached hydrogen (secondary N) is 1. The van der Waals surface area contributed by atoms with E-state index in [1.807, 2.05) is 24.3 Å². The van der Waals surface area contributed by atoms with E-state index in [-0.39, 0.29) is 11.6 Å². The van der Waals surface area contributed by atoms with Crippen LogP contribution in [0.3, 0.4) is 0 Å². The molecule has 0 bridgehead atoms. The Balaban J connectivity index is 1.56. The van der Waals surface area contributed by atoms with Gasteiger partial charge in [0.15, 0.2) is 0 Å². The van der Waals surface area contributed by atoms with Crippen LogP contribution in [0.15, 0.2) is 30.3 Å². The predicted molar refractivity (Wildman–Crippen MR) is 94.0 cm³/mol. The van der Waals surface area contributed by atoms with Crippen molar-refractivity contribution in [2.24, 2.45) is 0 Å². The molecule has 3 rings (SSSR count). The van der Waals surface area contributed by atoms with Crippen LogP contribution in [0.1, 0.15) is 34.0 Å². The number of aryl methyl sites for hydroxylation is 3. The molecule has 1 aromatic carbocycles. The summed E-state index contributed by atoms with van der Waals surface area (Å²) in [5, 5.41) is 21.7. The average Bonchev–Trinajstić information content (AvgIpc) is 3.01. The minimum Gasteiger partial charge on any atom is -0.352 e. The lowest BCUT2D eigenvalue weighted by atomic mass is 10.2. The summed E-state index contributed by atoms with van der Waals surface area (Å²) in [7, 11) is 0. The van der Waals surface area contributed by atoms with E-state index in [1.165, 1.54) is 24.3 Å². The van der Waals surface area contributed by atoms with Gasteiger partial charge in [0.05, 0.1) is 4.92 Å². The normalized spacial score (nSPS) is 10.8. The van der Waals surface area contributed by atoms with Gasteiger partial charge in [-0.3, -0.25) is 19.3 Å². The minimum absolute atomic E-state index is 0.0422. The van der Waals surface area contributed by atoms with Gasteiger partial charge in [-0.1, -0.05) is 0 Å². The van der Waals surface area contributed by atoms with E-state index in [1.54, 1.807) is 0 Å². The summed E-state index contributed by atoms with van der Waals surface area (Å²) in [6.45, 7) is 4.35. The molecule has 1 N–H and O–H groups in total. The lowest BCUT2D eigenvalue weighted by Crippen LogP contribution is -2.24. The number of hydrogen-bond acceptors (Lipinski definition) is 6. The molecule has 2 aromatic heterocycles. The number of non-ortho nitro benzene ring substituents is 1. The molecule has 0 unspecified atom stereocenters. The Hall–Kier alpha value is -3.36. The summed E-state index contributed by atoms with van der Waals surface area (Å²) >= 11 is 0. The van der Waals surface area contributed by atoms with Gasteiger partial charge in [-0.2, -0.15) is 0 Å². The number of fused-ring (bicyclic) bond motifs is 1. The highest BCUT2D eigenvalue weighted by Gasteiger charge is 2.11. The molecule has 9 nitrogen and oxygen atoms in total. The van der Waals surface area contributed by atoms with Crippen LogP contribution in [-0.2, 0) is 6.42 Å². The molecule has 3 aromatic rings. The van der Waals surface area contributed by atoms with E-state index in [0.717, 1.165) is 17.2 Å². The standard InChI is InChI=1S/C17H18N6O3/c1-11-10-12(2)22-15(20-21-17(22)19-11)4-3-9-18-16(24)13-5-7-14(8-6-13)23(25)26/h5-8,10H,3-4,9H2,1-2H3,(H,18,24). The summed E-state index contributed by atoms with van der Waals surface area (Å²) in [5.41, 5.74) is 2.25. The SMILES string of the molecule is Cc1cc(C)n2c(CCCNC(=O)c3ccc([N+](=O)[O-])cc3)nnc2n1.